The minimum atomic E-state index is 0.0328. The van der Waals surface area contributed by atoms with Crippen LogP contribution in [0.1, 0.15) is 38.2 Å². The smallest absolute Gasteiger partial charge is 0.224 e. The fourth-order valence-electron chi connectivity index (χ4n) is 2.92. The number of rotatable bonds is 7. The van der Waals surface area contributed by atoms with Crippen molar-refractivity contribution in [2.45, 2.75) is 45.1 Å². The van der Waals surface area contributed by atoms with E-state index in [1.807, 2.05) is 24.3 Å². The highest BCUT2D eigenvalue weighted by atomic mass is 16.5. The van der Waals surface area contributed by atoms with Gasteiger partial charge < -0.3 is 14.8 Å². The van der Waals surface area contributed by atoms with E-state index in [-0.39, 0.29) is 5.91 Å². The maximum Gasteiger partial charge on any atom is 0.224 e. The van der Waals surface area contributed by atoms with Gasteiger partial charge in [0.15, 0.2) is 0 Å². The molecule has 0 radical (unpaired) electrons. The second-order valence-corrected chi connectivity index (χ2v) is 6.05. The first-order chi connectivity index (χ1) is 10.7. The second kappa shape index (κ2) is 8.79. The van der Waals surface area contributed by atoms with Gasteiger partial charge in [0, 0.05) is 6.54 Å². The van der Waals surface area contributed by atoms with E-state index in [0.717, 1.165) is 17.7 Å². The molecule has 0 aliphatic heterocycles. The predicted octanol–water partition coefficient (Wildman–Crippen LogP) is 2.95. The van der Waals surface area contributed by atoms with Crippen molar-refractivity contribution < 1.29 is 14.3 Å². The third-order valence-corrected chi connectivity index (χ3v) is 4.31. The fraction of sp³-hybridized carbons (Fsp3) is 0.611. The minimum absolute atomic E-state index is 0.0328. The number of carbonyl (C=O) groups excluding carboxylic acids is 1. The summed E-state index contributed by atoms with van der Waals surface area (Å²) >= 11 is 0. The second-order valence-electron chi connectivity index (χ2n) is 6.05. The summed E-state index contributed by atoms with van der Waals surface area (Å²) in [5, 5.41) is 2.92. The van der Waals surface area contributed by atoms with Crippen LogP contribution in [0.5, 0.6) is 5.75 Å². The summed E-state index contributed by atoms with van der Waals surface area (Å²) < 4.78 is 11.0. The van der Waals surface area contributed by atoms with E-state index in [2.05, 4.69) is 12.2 Å². The van der Waals surface area contributed by atoms with Gasteiger partial charge in [-0.1, -0.05) is 31.9 Å². The molecule has 2 atom stereocenters. The van der Waals surface area contributed by atoms with Gasteiger partial charge in [-0.3, -0.25) is 4.79 Å². The minimum Gasteiger partial charge on any atom is -0.497 e. The molecule has 1 saturated carbocycles. The first-order valence-corrected chi connectivity index (χ1v) is 8.20. The summed E-state index contributed by atoms with van der Waals surface area (Å²) in [6.07, 6.45) is 5.75. The van der Waals surface area contributed by atoms with E-state index in [0.29, 0.717) is 31.6 Å². The molecular weight excluding hydrogens is 278 g/mol. The molecule has 1 aliphatic carbocycles. The van der Waals surface area contributed by atoms with E-state index < -0.39 is 0 Å². The van der Waals surface area contributed by atoms with Crippen LogP contribution < -0.4 is 10.1 Å². The van der Waals surface area contributed by atoms with Gasteiger partial charge >= 0.3 is 0 Å². The molecule has 0 bridgehead atoms. The zero-order chi connectivity index (χ0) is 15.8. The number of amides is 1. The molecule has 0 heterocycles. The third-order valence-electron chi connectivity index (χ3n) is 4.31. The molecule has 0 unspecified atom stereocenters. The molecule has 1 amide bonds. The van der Waals surface area contributed by atoms with Crippen molar-refractivity contribution in [3.8, 4) is 5.75 Å². The molecule has 122 valence electrons. The number of ether oxygens (including phenoxy) is 2. The van der Waals surface area contributed by atoms with Gasteiger partial charge in [0.1, 0.15) is 5.75 Å². The Hall–Kier alpha value is -1.55. The predicted molar refractivity (Wildman–Crippen MR) is 87.1 cm³/mol. The highest BCUT2D eigenvalue weighted by Crippen LogP contribution is 2.25. The first kappa shape index (κ1) is 16.8. The van der Waals surface area contributed by atoms with Gasteiger partial charge in [0.05, 0.1) is 26.2 Å². The molecule has 0 aromatic heterocycles. The molecule has 4 nitrogen and oxygen atoms in total. The average molecular weight is 305 g/mol. The van der Waals surface area contributed by atoms with Crippen LogP contribution in [0.2, 0.25) is 0 Å². The van der Waals surface area contributed by atoms with Crippen LogP contribution in [-0.2, 0) is 16.0 Å². The number of hydrogen-bond donors (Lipinski definition) is 1. The Kier molecular flexibility index (Phi) is 6.72. The lowest BCUT2D eigenvalue weighted by atomic mass is 9.88. The summed E-state index contributed by atoms with van der Waals surface area (Å²) in [5.74, 6) is 1.48. The van der Waals surface area contributed by atoms with Gasteiger partial charge in [-0.25, -0.2) is 0 Å². The number of carbonyl (C=O) groups is 1. The molecule has 2 rings (SSSR count). The van der Waals surface area contributed by atoms with Crippen LogP contribution >= 0.6 is 0 Å². The van der Waals surface area contributed by atoms with Crippen LogP contribution in [-0.4, -0.2) is 32.3 Å². The summed E-state index contributed by atoms with van der Waals surface area (Å²) in [7, 11) is 1.63. The molecule has 0 saturated heterocycles. The Morgan fingerprint density at radius 2 is 1.95 bits per heavy atom. The van der Waals surface area contributed by atoms with Gasteiger partial charge in [-0.05, 0) is 36.5 Å². The number of methoxy groups -OCH3 is 1. The van der Waals surface area contributed by atoms with E-state index >= 15 is 0 Å². The van der Waals surface area contributed by atoms with Crippen molar-refractivity contribution in [2.24, 2.45) is 5.92 Å². The summed E-state index contributed by atoms with van der Waals surface area (Å²) in [4.78, 5) is 11.9. The number of nitrogens with one attached hydrogen (secondary N) is 1. The molecule has 1 fully saturated rings. The van der Waals surface area contributed by atoms with Crippen LogP contribution in [0, 0.1) is 5.92 Å². The SMILES string of the molecule is COc1ccc(CC(=O)NCCO[C@H]2CCCC[C@H]2C)cc1. The van der Waals surface area contributed by atoms with Gasteiger partial charge in [0.2, 0.25) is 5.91 Å². The average Bonchev–Trinajstić information content (AvgIpc) is 2.54. The molecule has 22 heavy (non-hydrogen) atoms. The van der Waals surface area contributed by atoms with E-state index in [1.54, 1.807) is 7.11 Å². The largest absolute Gasteiger partial charge is 0.497 e. The molecular formula is C18H27NO3. The highest BCUT2D eigenvalue weighted by Gasteiger charge is 2.21. The normalized spacial score (nSPS) is 21.4. The number of hydrogen-bond acceptors (Lipinski definition) is 3. The van der Waals surface area contributed by atoms with Crippen LogP contribution in [0.25, 0.3) is 0 Å². The van der Waals surface area contributed by atoms with Gasteiger partial charge in [-0.15, -0.1) is 0 Å². The van der Waals surface area contributed by atoms with Crippen molar-refractivity contribution in [1.82, 2.24) is 5.32 Å². The molecule has 1 N–H and O–H groups in total. The van der Waals surface area contributed by atoms with E-state index in [9.17, 15) is 4.79 Å². The lowest BCUT2D eigenvalue weighted by Crippen LogP contribution is -2.32. The monoisotopic (exact) mass is 305 g/mol. The van der Waals surface area contributed by atoms with Crippen molar-refractivity contribution in [1.29, 1.82) is 0 Å². The Balaban J connectivity index is 1.62. The Morgan fingerprint density at radius 3 is 2.64 bits per heavy atom. The summed E-state index contributed by atoms with van der Waals surface area (Å²) in [6, 6.07) is 7.57. The molecule has 4 heteroatoms. The van der Waals surface area contributed by atoms with Crippen LogP contribution in [0.3, 0.4) is 0 Å². The maximum absolute atomic E-state index is 11.9. The van der Waals surface area contributed by atoms with E-state index in [4.69, 9.17) is 9.47 Å². The lowest BCUT2D eigenvalue weighted by molar-refractivity contribution is -0.120. The summed E-state index contributed by atoms with van der Waals surface area (Å²) in [5.41, 5.74) is 0.986. The molecule has 1 aromatic rings. The maximum atomic E-state index is 11.9. The van der Waals surface area contributed by atoms with Crippen molar-refractivity contribution >= 4 is 5.91 Å². The molecule has 1 aliphatic rings. The molecule has 1 aromatic carbocycles. The topological polar surface area (TPSA) is 47.6 Å². The van der Waals surface area contributed by atoms with E-state index in [1.165, 1.54) is 19.3 Å². The standard InChI is InChI=1S/C18H27NO3/c1-14-5-3-4-6-17(14)22-12-11-19-18(20)13-15-7-9-16(21-2)10-8-15/h7-10,14,17H,3-6,11-13H2,1-2H3,(H,19,20)/t14-,17+/m1/s1. The van der Waals surface area contributed by atoms with Crippen LogP contribution in [0.15, 0.2) is 24.3 Å². The van der Waals surface area contributed by atoms with Crippen molar-refractivity contribution in [3.63, 3.8) is 0 Å². The lowest BCUT2D eigenvalue weighted by Gasteiger charge is -2.28. The number of benzene rings is 1. The summed E-state index contributed by atoms with van der Waals surface area (Å²) in [6.45, 7) is 3.44. The van der Waals surface area contributed by atoms with Crippen LogP contribution in [0.4, 0.5) is 0 Å². The van der Waals surface area contributed by atoms with Gasteiger partial charge in [-0.2, -0.15) is 0 Å². The first-order valence-electron chi connectivity index (χ1n) is 8.20. The van der Waals surface area contributed by atoms with Crippen molar-refractivity contribution in [2.75, 3.05) is 20.3 Å². The zero-order valence-corrected chi connectivity index (χ0v) is 13.6. The Bertz CT molecular complexity index is 458. The third kappa shape index (κ3) is 5.34. The zero-order valence-electron chi connectivity index (χ0n) is 13.6. The molecule has 0 spiro atoms. The highest BCUT2D eigenvalue weighted by molar-refractivity contribution is 5.78. The Morgan fingerprint density at radius 1 is 1.23 bits per heavy atom. The van der Waals surface area contributed by atoms with Gasteiger partial charge in [0.25, 0.3) is 0 Å². The quantitative estimate of drug-likeness (QED) is 0.788. The Labute approximate surface area is 133 Å². The fourth-order valence-corrected chi connectivity index (χ4v) is 2.92. The van der Waals surface area contributed by atoms with Crippen molar-refractivity contribution in [3.05, 3.63) is 29.8 Å².